The van der Waals surface area contributed by atoms with E-state index in [1.807, 2.05) is 19.1 Å². The van der Waals surface area contributed by atoms with Gasteiger partial charge < -0.3 is 5.73 Å². The van der Waals surface area contributed by atoms with Gasteiger partial charge in [-0.25, -0.2) is 9.37 Å². The van der Waals surface area contributed by atoms with Gasteiger partial charge in [-0.05, 0) is 43.2 Å². The summed E-state index contributed by atoms with van der Waals surface area (Å²) in [6, 6.07) is 8.76. The molecule has 0 bridgehead atoms. The van der Waals surface area contributed by atoms with Crippen molar-refractivity contribution in [2.24, 2.45) is 0 Å². The average molecular weight is 216 g/mol. The molecule has 0 aliphatic rings. The summed E-state index contributed by atoms with van der Waals surface area (Å²) in [4.78, 5) is 4.16. The third kappa shape index (κ3) is 1.89. The molecule has 2 nitrogen and oxygen atoms in total. The van der Waals surface area contributed by atoms with Crippen molar-refractivity contribution < 1.29 is 4.39 Å². The first kappa shape index (κ1) is 10.6. The van der Waals surface area contributed by atoms with Gasteiger partial charge in [0.2, 0.25) is 0 Å². The molecule has 0 aliphatic carbocycles. The van der Waals surface area contributed by atoms with E-state index in [1.165, 1.54) is 6.07 Å². The molecule has 0 spiro atoms. The molecular formula is C13H13FN2. The zero-order valence-electron chi connectivity index (χ0n) is 9.29. The van der Waals surface area contributed by atoms with Crippen LogP contribution in [0.2, 0.25) is 0 Å². The third-order valence-electron chi connectivity index (χ3n) is 2.59. The minimum absolute atomic E-state index is 0.200. The van der Waals surface area contributed by atoms with E-state index in [4.69, 9.17) is 5.73 Å². The maximum absolute atomic E-state index is 13.4. The minimum atomic E-state index is -0.200. The molecule has 2 rings (SSSR count). The van der Waals surface area contributed by atoms with Crippen LogP contribution in [0.1, 0.15) is 11.3 Å². The number of benzene rings is 1. The molecule has 1 heterocycles. The second-order valence-electron chi connectivity index (χ2n) is 3.83. The summed E-state index contributed by atoms with van der Waals surface area (Å²) in [6.45, 7) is 3.61. The molecule has 0 atom stereocenters. The van der Waals surface area contributed by atoms with E-state index >= 15 is 0 Å². The van der Waals surface area contributed by atoms with E-state index in [-0.39, 0.29) is 5.82 Å². The highest BCUT2D eigenvalue weighted by Gasteiger charge is 2.05. The summed E-state index contributed by atoms with van der Waals surface area (Å²) in [7, 11) is 0. The van der Waals surface area contributed by atoms with Crippen LogP contribution in [0.25, 0.3) is 11.1 Å². The predicted molar refractivity (Wildman–Crippen MR) is 63.5 cm³/mol. The number of aryl methyl sites for hydroxylation is 2. The topological polar surface area (TPSA) is 38.9 Å². The average Bonchev–Trinajstić information content (AvgIpc) is 2.22. The molecule has 2 aromatic rings. The lowest BCUT2D eigenvalue weighted by Crippen LogP contribution is -1.94. The van der Waals surface area contributed by atoms with E-state index in [9.17, 15) is 4.39 Å². The van der Waals surface area contributed by atoms with Crippen molar-refractivity contribution in [2.75, 3.05) is 5.73 Å². The molecule has 1 aromatic carbocycles. The van der Waals surface area contributed by atoms with Crippen LogP contribution in [0.15, 0.2) is 30.3 Å². The highest BCUT2D eigenvalue weighted by molar-refractivity contribution is 5.67. The van der Waals surface area contributed by atoms with Gasteiger partial charge in [-0.3, -0.25) is 0 Å². The van der Waals surface area contributed by atoms with Crippen molar-refractivity contribution in [2.45, 2.75) is 13.8 Å². The number of aromatic nitrogens is 1. The Kier molecular flexibility index (Phi) is 2.60. The Balaban J connectivity index is 2.54. The fourth-order valence-electron chi connectivity index (χ4n) is 1.65. The Hall–Kier alpha value is -1.90. The maximum Gasteiger partial charge on any atom is 0.126 e. The smallest absolute Gasteiger partial charge is 0.126 e. The normalized spacial score (nSPS) is 10.4. The summed E-state index contributed by atoms with van der Waals surface area (Å²) in [5.74, 6) is 0.280. The number of hydrogen-bond donors (Lipinski definition) is 1. The molecular weight excluding hydrogens is 203 g/mol. The monoisotopic (exact) mass is 216 g/mol. The van der Waals surface area contributed by atoms with Crippen LogP contribution >= 0.6 is 0 Å². The van der Waals surface area contributed by atoms with Crippen LogP contribution in [0, 0.1) is 19.7 Å². The second kappa shape index (κ2) is 3.93. The molecule has 3 heteroatoms. The number of pyridine rings is 1. The first-order valence-corrected chi connectivity index (χ1v) is 5.07. The van der Waals surface area contributed by atoms with E-state index in [0.29, 0.717) is 11.4 Å². The van der Waals surface area contributed by atoms with Crippen LogP contribution < -0.4 is 5.73 Å². The second-order valence-corrected chi connectivity index (χ2v) is 3.83. The third-order valence-corrected chi connectivity index (χ3v) is 2.59. The van der Waals surface area contributed by atoms with Crippen LogP contribution in [0.5, 0.6) is 0 Å². The molecule has 0 amide bonds. The molecule has 0 radical (unpaired) electrons. The summed E-state index contributed by atoms with van der Waals surface area (Å²) >= 11 is 0. The number of nitrogen functional groups attached to an aromatic ring is 1. The molecule has 0 saturated carbocycles. The van der Waals surface area contributed by atoms with Gasteiger partial charge in [-0.15, -0.1) is 0 Å². The SMILES string of the molecule is Cc1ccc(-c2ccc(N)nc2C)cc1F. The molecule has 0 fully saturated rings. The maximum atomic E-state index is 13.4. The minimum Gasteiger partial charge on any atom is -0.384 e. The van der Waals surface area contributed by atoms with E-state index in [0.717, 1.165) is 16.8 Å². The van der Waals surface area contributed by atoms with E-state index < -0.39 is 0 Å². The Morgan fingerprint density at radius 1 is 1.12 bits per heavy atom. The molecule has 0 saturated heterocycles. The highest BCUT2D eigenvalue weighted by atomic mass is 19.1. The highest BCUT2D eigenvalue weighted by Crippen LogP contribution is 2.24. The van der Waals surface area contributed by atoms with Crippen molar-refractivity contribution in [1.82, 2.24) is 4.98 Å². The Labute approximate surface area is 93.9 Å². The standard InChI is InChI=1S/C13H13FN2/c1-8-3-4-10(7-12(8)14)11-5-6-13(15)16-9(11)2/h3-7H,1-2H3,(H2,15,16). The Morgan fingerprint density at radius 3 is 2.50 bits per heavy atom. The largest absolute Gasteiger partial charge is 0.384 e. The van der Waals surface area contributed by atoms with Gasteiger partial charge >= 0.3 is 0 Å². The van der Waals surface area contributed by atoms with Gasteiger partial charge in [0.05, 0.1) is 0 Å². The fraction of sp³-hybridized carbons (Fsp3) is 0.154. The zero-order chi connectivity index (χ0) is 11.7. The van der Waals surface area contributed by atoms with Gasteiger partial charge in [-0.1, -0.05) is 12.1 Å². The van der Waals surface area contributed by atoms with Crippen LogP contribution in [-0.2, 0) is 0 Å². The lowest BCUT2D eigenvalue weighted by molar-refractivity contribution is 0.619. The molecule has 82 valence electrons. The Bertz CT molecular complexity index is 535. The molecule has 1 aromatic heterocycles. The lowest BCUT2D eigenvalue weighted by Gasteiger charge is -2.07. The number of nitrogens with zero attached hydrogens (tertiary/aromatic N) is 1. The van der Waals surface area contributed by atoms with Crippen molar-refractivity contribution in [3.63, 3.8) is 0 Å². The first-order valence-electron chi connectivity index (χ1n) is 5.07. The van der Waals surface area contributed by atoms with Crippen LogP contribution in [-0.4, -0.2) is 4.98 Å². The van der Waals surface area contributed by atoms with E-state index in [1.54, 1.807) is 19.1 Å². The van der Waals surface area contributed by atoms with Crippen LogP contribution in [0.3, 0.4) is 0 Å². The number of rotatable bonds is 1. The number of nitrogens with two attached hydrogens (primary N) is 1. The predicted octanol–water partition coefficient (Wildman–Crippen LogP) is 3.09. The van der Waals surface area contributed by atoms with E-state index in [2.05, 4.69) is 4.98 Å². The van der Waals surface area contributed by atoms with Crippen molar-refractivity contribution >= 4 is 5.82 Å². The molecule has 2 N–H and O–H groups in total. The fourth-order valence-corrected chi connectivity index (χ4v) is 1.65. The van der Waals surface area contributed by atoms with Gasteiger partial charge in [0.1, 0.15) is 11.6 Å². The number of halogens is 1. The van der Waals surface area contributed by atoms with Gasteiger partial charge in [0.15, 0.2) is 0 Å². The summed E-state index contributed by atoms with van der Waals surface area (Å²) in [5.41, 5.74) is 8.76. The van der Waals surface area contributed by atoms with Gasteiger partial charge in [0.25, 0.3) is 0 Å². The number of anilines is 1. The molecule has 0 unspecified atom stereocenters. The number of hydrogen-bond acceptors (Lipinski definition) is 2. The molecule has 16 heavy (non-hydrogen) atoms. The Morgan fingerprint density at radius 2 is 1.88 bits per heavy atom. The van der Waals surface area contributed by atoms with Gasteiger partial charge in [-0.2, -0.15) is 0 Å². The first-order chi connectivity index (χ1) is 7.58. The zero-order valence-corrected chi connectivity index (χ0v) is 9.29. The summed E-state index contributed by atoms with van der Waals surface area (Å²) in [5, 5.41) is 0. The summed E-state index contributed by atoms with van der Waals surface area (Å²) in [6.07, 6.45) is 0. The van der Waals surface area contributed by atoms with Crippen molar-refractivity contribution in [3.8, 4) is 11.1 Å². The van der Waals surface area contributed by atoms with Crippen molar-refractivity contribution in [1.29, 1.82) is 0 Å². The summed E-state index contributed by atoms with van der Waals surface area (Å²) < 4.78 is 13.4. The quantitative estimate of drug-likeness (QED) is 0.795. The van der Waals surface area contributed by atoms with Crippen molar-refractivity contribution in [3.05, 3.63) is 47.4 Å². The van der Waals surface area contributed by atoms with Gasteiger partial charge in [0, 0.05) is 11.3 Å². The lowest BCUT2D eigenvalue weighted by atomic mass is 10.0. The van der Waals surface area contributed by atoms with Crippen LogP contribution in [0.4, 0.5) is 10.2 Å². The molecule has 0 aliphatic heterocycles.